The van der Waals surface area contributed by atoms with Gasteiger partial charge in [-0.1, -0.05) is 6.92 Å². The molecule has 1 saturated heterocycles. The monoisotopic (exact) mass is 264 g/mol. The predicted octanol–water partition coefficient (Wildman–Crippen LogP) is 2.11. The van der Waals surface area contributed by atoms with E-state index in [1.54, 1.807) is 6.07 Å². The van der Waals surface area contributed by atoms with Gasteiger partial charge in [0.1, 0.15) is 11.4 Å². The van der Waals surface area contributed by atoms with E-state index in [2.05, 4.69) is 16.8 Å². The van der Waals surface area contributed by atoms with Crippen LogP contribution < -0.4 is 9.64 Å². The molecule has 0 unspecified atom stereocenters. The lowest BCUT2D eigenvalue weighted by molar-refractivity contribution is 0.0596. The third-order valence-electron chi connectivity index (χ3n) is 3.55. The van der Waals surface area contributed by atoms with Gasteiger partial charge in [0.05, 0.1) is 14.2 Å². The molecule has 0 bridgehead atoms. The quantitative estimate of drug-likeness (QED) is 0.783. The van der Waals surface area contributed by atoms with Crippen LogP contribution in [0, 0.1) is 5.92 Å². The minimum absolute atomic E-state index is 0.322. The summed E-state index contributed by atoms with van der Waals surface area (Å²) in [5, 5.41) is 0. The lowest BCUT2D eigenvalue weighted by Crippen LogP contribution is -2.33. The first-order chi connectivity index (χ1) is 9.15. The van der Waals surface area contributed by atoms with Crippen molar-refractivity contribution < 1.29 is 14.3 Å². The van der Waals surface area contributed by atoms with Gasteiger partial charge < -0.3 is 14.4 Å². The van der Waals surface area contributed by atoms with E-state index in [-0.39, 0.29) is 0 Å². The molecule has 1 aliphatic rings. The maximum atomic E-state index is 11.6. The summed E-state index contributed by atoms with van der Waals surface area (Å²) < 4.78 is 9.89. The third-order valence-corrected chi connectivity index (χ3v) is 3.55. The Balaban J connectivity index is 2.21. The van der Waals surface area contributed by atoms with Crippen molar-refractivity contribution in [2.75, 3.05) is 32.2 Å². The molecule has 0 amide bonds. The number of piperidine rings is 1. The average Bonchev–Trinajstić information content (AvgIpc) is 2.46. The number of pyridine rings is 1. The number of hydrogen-bond acceptors (Lipinski definition) is 5. The van der Waals surface area contributed by atoms with E-state index in [1.165, 1.54) is 27.1 Å². The summed E-state index contributed by atoms with van der Waals surface area (Å²) in [6.45, 7) is 4.26. The second-order valence-corrected chi connectivity index (χ2v) is 4.89. The smallest absolute Gasteiger partial charge is 0.343 e. The summed E-state index contributed by atoms with van der Waals surface area (Å²) in [5.74, 6) is 1.52. The predicted molar refractivity (Wildman–Crippen MR) is 72.7 cm³/mol. The summed E-state index contributed by atoms with van der Waals surface area (Å²) in [4.78, 5) is 18.2. The number of nitrogens with zero attached hydrogens (tertiary/aromatic N) is 2. The zero-order valence-electron chi connectivity index (χ0n) is 11.7. The molecule has 1 aromatic heterocycles. The minimum Gasteiger partial charge on any atom is -0.480 e. The molecule has 2 heterocycles. The fraction of sp³-hybridized carbons (Fsp3) is 0.571. The summed E-state index contributed by atoms with van der Waals surface area (Å²) in [5.41, 5.74) is 0.360. The Morgan fingerprint density at radius 1 is 1.32 bits per heavy atom. The standard InChI is InChI=1S/C14H20N2O3/c1-10-6-8-16(9-7-10)12-5-4-11(14(17)19-3)13(15-12)18-2/h4-5,10H,6-9H2,1-3H3. The van der Waals surface area contributed by atoms with E-state index in [9.17, 15) is 4.79 Å². The van der Waals surface area contributed by atoms with Crippen molar-refractivity contribution in [2.24, 2.45) is 5.92 Å². The Kier molecular flexibility index (Phi) is 4.24. The molecule has 19 heavy (non-hydrogen) atoms. The van der Waals surface area contributed by atoms with Crippen molar-refractivity contribution in [3.05, 3.63) is 17.7 Å². The molecular weight excluding hydrogens is 244 g/mol. The molecule has 0 radical (unpaired) electrons. The normalized spacial score (nSPS) is 16.3. The van der Waals surface area contributed by atoms with Crippen LogP contribution in [0.1, 0.15) is 30.1 Å². The van der Waals surface area contributed by atoms with E-state index in [0.29, 0.717) is 11.4 Å². The molecule has 1 aliphatic heterocycles. The van der Waals surface area contributed by atoms with Gasteiger partial charge in [-0.05, 0) is 30.9 Å². The number of hydrogen-bond donors (Lipinski definition) is 0. The van der Waals surface area contributed by atoms with Gasteiger partial charge in [-0.25, -0.2) is 4.79 Å². The second kappa shape index (κ2) is 5.91. The van der Waals surface area contributed by atoms with Crippen LogP contribution >= 0.6 is 0 Å². The van der Waals surface area contributed by atoms with Gasteiger partial charge in [-0.2, -0.15) is 4.98 Å². The van der Waals surface area contributed by atoms with Gasteiger partial charge in [0.2, 0.25) is 5.88 Å². The first-order valence-corrected chi connectivity index (χ1v) is 6.54. The molecule has 0 aliphatic carbocycles. The van der Waals surface area contributed by atoms with Crippen LogP contribution in [0.15, 0.2) is 12.1 Å². The molecular formula is C14H20N2O3. The molecule has 104 valence electrons. The highest BCUT2D eigenvalue weighted by Crippen LogP contribution is 2.25. The number of methoxy groups -OCH3 is 2. The van der Waals surface area contributed by atoms with E-state index >= 15 is 0 Å². The molecule has 1 fully saturated rings. The largest absolute Gasteiger partial charge is 0.480 e. The zero-order valence-corrected chi connectivity index (χ0v) is 11.7. The number of esters is 1. The van der Waals surface area contributed by atoms with Crippen molar-refractivity contribution in [2.45, 2.75) is 19.8 Å². The highest BCUT2D eigenvalue weighted by molar-refractivity contribution is 5.92. The van der Waals surface area contributed by atoms with E-state index in [0.717, 1.165) is 24.8 Å². The first-order valence-electron chi connectivity index (χ1n) is 6.54. The number of carbonyl (C=O) groups excluding carboxylic acids is 1. The van der Waals surface area contributed by atoms with Crippen LogP contribution in [0.5, 0.6) is 5.88 Å². The van der Waals surface area contributed by atoms with Crippen LogP contribution in [-0.2, 0) is 4.74 Å². The summed E-state index contributed by atoms with van der Waals surface area (Å²) in [6, 6.07) is 3.57. The lowest BCUT2D eigenvalue weighted by Gasteiger charge is -2.31. The molecule has 1 aromatic rings. The summed E-state index contributed by atoms with van der Waals surface area (Å²) in [6.07, 6.45) is 2.34. The summed E-state index contributed by atoms with van der Waals surface area (Å²) in [7, 11) is 2.86. The Bertz CT molecular complexity index is 454. The average molecular weight is 264 g/mol. The van der Waals surface area contributed by atoms with Gasteiger partial charge in [0, 0.05) is 13.1 Å². The second-order valence-electron chi connectivity index (χ2n) is 4.89. The highest BCUT2D eigenvalue weighted by Gasteiger charge is 2.20. The Morgan fingerprint density at radius 2 is 2.00 bits per heavy atom. The van der Waals surface area contributed by atoms with Crippen LogP contribution in [-0.4, -0.2) is 38.3 Å². The van der Waals surface area contributed by atoms with Gasteiger partial charge >= 0.3 is 5.97 Å². The fourth-order valence-corrected chi connectivity index (χ4v) is 2.27. The zero-order chi connectivity index (χ0) is 13.8. The molecule has 0 atom stereocenters. The molecule has 0 N–H and O–H groups in total. The van der Waals surface area contributed by atoms with Crippen molar-refractivity contribution >= 4 is 11.8 Å². The Hall–Kier alpha value is -1.78. The van der Waals surface area contributed by atoms with E-state index < -0.39 is 5.97 Å². The molecule has 5 nitrogen and oxygen atoms in total. The van der Waals surface area contributed by atoms with Crippen molar-refractivity contribution in [3.63, 3.8) is 0 Å². The van der Waals surface area contributed by atoms with Gasteiger partial charge in [0.15, 0.2) is 0 Å². The van der Waals surface area contributed by atoms with Gasteiger partial charge in [0.25, 0.3) is 0 Å². The van der Waals surface area contributed by atoms with Crippen molar-refractivity contribution in [3.8, 4) is 5.88 Å². The molecule has 0 aromatic carbocycles. The highest BCUT2D eigenvalue weighted by atomic mass is 16.5. The van der Waals surface area contributed by atoms with E-state index in [4.69, 9.17) is 9.47 Å². The minimum atomic E-state index is -0.428. The maximum Gasteiger partial charge on any atom is 0.343 e. The fourth-order valence-electron chi connectivity index (χ4n) is 2.27. The van der Waals surface area contributed by atoms with Crippen LogP contribution in [0.4, 0.5) is 5.82 Å². The number of carbonyl (C=O) groups is 1. The molecule has 0 saturated carbocycles. The van der Waals surface area contributed by atoms with E-state index in [1.807, 2.05) is 6.07 Å². The van der Waals surface area contributed by atoms with Crippen molar-refractivity contribution in [1.29, 1.82) is 0 Å². The first kappa shape index (κ1) is 13.6. The Labute approximate surface area is 113 Å². The third kappa shape index (κ3) is 2.97. The van der Waals surface area contributed by atoms with Gasteiger partial charge in [-0.15, -0.1) is 0 Å². The lowest BCUT2D eigenvalue weighted by atomic mass is 9.99. The number of aromatic nitrogens is 1. The van der Waals surface area contributed by atoms with Crippen LogP contribution in [0.25, 0.3) is 0 Å². The van der Waals surface area contributed by atoms with Crippen LogP contribution in [0.2, 0.25) is 0 Å². The Morgan fingerprint density at radius 3 is 2.58 bits per heavy atom. The topological polar surface area (TPSA) is 51.7 Å². The van der Waals surface area contributed by atoms with Gasteiger partial charge in [-0.3, -0.25) is 0 Å². The van der Waals surface area contributed by atoms with Crippen molar-refractivity contribution in [1.82, 2.24) is 4.98 Å². The number of ether oxygens (including phenoxy) is 2. The number of anilines is 1. The maximum absolute atomic E-state index is 11.6. The molecule has 0 spiro atoms. The summed E-state index contributed by atoms with van der Waals surface area (Å²) >= 11 is 0. The SMILES string of the molecule is COC(=O)c1ccc(N2CCC(C)CC2)nc1OC. The molecule has 5 heteroatoms. The van der Waals surface area contributed by atoms with Crippen LogP contribution in [0.3, 0.4) is 0 Å². The number of rotatable bonds is 3. The molecule has 2 rings (SSSR count).